The second-order valence-electron chi connectivity index (χ2n) is 5.84. The van der Waals surface area contributed by atoms with Crippen molar-refractivity contribution >= 4 is 35.8 Å². The first-order valence-electron chi connectivity index (χ1n) is 8.93. The molecule has 2 aromatic rings. The van der Waals surface area contributed by atoms with Gasteiger partial charge < -0.3 is 21.1 Å². The minimum Gasteiger partial charge on any atom is -0.507 e. The van der Waals surface area contributed by atoms with Gasteiger partial charge in [-0.2, -0.15) is 0 Å². The number of hydrogen-bond donors (Lipinski definition) is 4. The molecule has 152 valence electrons. The second kappa shape index (κ2) is 12.9. The molecule has 0 saturated heterocycles. The maximum absolute atomic E-state index is 13.2. The van der Waals surface area contributed by atoms with Gasteiger partial charge in [-0.15, -0.1) is 24.0 Å². The van der Waals surface area contributed by atoms with Gasteiger partial charge in [0.05, 0.1) is 5.56 Å². The Kier molecular flexibility index (Phi) is 10.9. The SMILES string of the molecule is CCNC(=NCCc1cccc(F)c1)NCCNC(=O)c1ccccc1O.I. The van der Waals surface area contributed by atoms with Crippen molar-refractivity contribution in [3.8, 4) is 5.75 Å². The van der Waals surface area contributed by atoms with Crippen LogP contribution >= 0.6 is 24.0 Å². The molecule has 0 aromatic heterocycles. The Hall–Kier alpha value is -2.36. The standard InChI is InChI=1S/C20H25FN4O2.HI/c1-2-22-20(24-11-10-15-6-5-7-16(21)14-15)25-13-12-23-19(27)17-8-3-4-9-18(17)26;/h3-9,14,26H,2,10-13H2,1H3,(H,23,27)(H2,22,24,25);1H. The third kappa shape index (κ3) is 8.12. The number of halogens is 2. The monoisotopic (exact) mass is 500 g/mol. The summed E-state index contributed by atoms with van der Waals surface area (Å²) in [6.07, 6.45) is 0.637. The van der Waals surface area contributed by atoms with E-state index < -0.39 is 0 Å². The number of aliphatic imine (C=N–C) groups is 1. The summed E-state index contributed by atoms with van der Waals surface area (Å²) in [5.41, 5.74) is 1.14. The molecule has 0 radical (unpaired) electrons. The summed E-state index contributed by atoms with van der Waals surface area (Å²) in [7, 11) is 0. The molecule has 0 unspecified atom stereocenters. The molecule has 0 heterocycles. The predicted octanol–water partition coefficient (Wildman–Crippen LogP) is 2.68. The molecule has 0 saturated carbocycles. The number of phenolic OH excluding ortho intramolecular Hbond substituents is 1. The van der Waals surface area contributed by atoms with Crippen LogP contribution in [0.3, 0.4) is 0 Å². The van der Waals surface area contributed by atoms with Gasteiger partial charge in [-0.3, -0.25) is 9.79 Å². The van der Waals surface area contributed by atoms with Crippen LogP contribution in [0, 0.1) is 5.82 Å². The molecular formula is C20H26FIN4O2. The van der Waals surface area contributed by atoms with E-state index in [0.717, 1.165) is 5.56 Å². The summed E-state index contributed by atoms with van der Waals surface area (Å²) in [5.74, 6) is 0.00516. The Morgan fingerprint density at radius 1 is 1.07 bits per heavy atom. The zero-order valence-corrected chi connectivity index (χ0v) is 18.1. The Morgan fingerprint density at radius 2 is 1.82 bits per heavy atom. The molecule has 6 nitrogen and oxygen atoms in total. The van der Waals surface area contributed by atoms with Gasteiger partial charge in [0.25, 0.3) is 5.91 Å². The highest BCUT2D eigenvalue weighted by Gasteiger charge is 2.09. The molecule has 0 spiro atoms. The first kappa shape index (κ1) is 23.7. The van der Waals surface area contributed by atoms with Crippen molar-refractivity contribution in [2.75, 3.05) is 26.2 Å². The highest BCUT2D eigenvalue weighted by Crippen LogP contribution is 2.14. The summed E-state index contributed by atoms with van der Waals surface area (Å²) in [4.78, 5) is 16.5. The van der Waals surface area contributed by atoms with Crippen LogP contribution in [0.1, 0.15) is 22.8 Å². The number of aromatic hydroxyl groups is 1. The summed E-state index contributed by atoms with van der Waals surface area (Å²) >= 11 is 0. The van der Waals surface area contributed by atoms with Crippen LogP contribution in [0.4, 0.5) is 4.39 Å². The average molecular weight is 500 g/mol. The molecule has 1 amide bonds. The minimum absolute atomic E-state index is 0. The fraction of sp³-hybridized carbons (Fsp3) is 0.300. The zero-order valence-electron chi connectivity index (χ0n) is 15.7. The van der Waals surface area contributed by atoms with Gasteiger partial charge in [0.15, 0.2) is 5.96 Å². The number of nitrogens with zero attached hydrogens (tertiary/aromatic N) is 1. The molecule has 0 fully saturated rings. The molecule has 4 N–H and O–H groups in total. The first-order valence-corrected chi connectivity index (χ1v) is 8.93. The number of carbonyl (C=O) groups is 1. The highest BCUT2D eigenvalue weighted by atomic mass is 127. The van der Waals surface area contributed by atoms with Crippen molar-refractivity contribution in [2.45, 2.75) is 13.3 Å². The number of para-hydroxylation sites is 1. The van der Waals surface area contributed by atoms with E-state index in [-0.39, 0.29) is 47.0 Å². The van der Waals surface area contributed by atoms with Crippen LogP contribution in [-0.4, -0.2) is 43.2 Å². The van der Waals surface area contributed by atoms with E-state index in [4.69, 9.17) is 0 Å². The van der Waals surface area contributed by atoms with Crippen molar-refractivity contribution in [3.63, 3.8) is 0 Å². The third-order valence-electron chi connectivity index (χ3n) is 3.76. The minimum atomic E-state index is -0.331. The fourth-order valence-electron chi connectivity index (χ4n) is 2.45. The number of carbonyl (C=O) groups excluding carboxylic acids is 1. The molecule has 0 bridgehead atoms. The van der Waals surface area contributed by atoms with E-state index in [2.05, 4.69) is 20.9 Å². The Labute approximate surface area is 181 Å². The Bertz CT molecular complexity index is 786. The van der Waals surface area contributed by atoms with Crippen molar-refractivity contribution < 1.29 is 14.3 Å². The Morgan fingerprint density at radius 3 is 2.54 bits per heavy atom. The number of nitrogens with one attached hydrogen (secondary N) is 3. The van der Waals surface area contributed by atoms with Gasteiger partial charge in [0, 0.05) is 26.2 Å². The number of phenols is 1. The first-order chi connectivity index (χ1) is 13.1. The second-order valence-corrected chi connectivity index (χ2v) is 5.84. The smallest absolute Gasteiger partial charge is 0.255 e. The molecule has 0 atom stereocenters. The normalized spacial score (nSPS) is 10.7. The van der Waals surface area contributed by atoms with Gasteiger partial charge in [-0.1, -0.05) is 24.3 Å². The van der Waals surface area contributed by atoms with Crippen LogP contribution in [0.2, 0.25) is 0 Å². The van der Waals surface area contributed by atoms with Gasteiger partial charge in [-0.05, 0) is 43.2 Å². The predicted molar refractivity (Wildman–Crippen MR) is 120 cm³/mol. The lowest BCUT2D eigenvalue weighted by Crippen LogP contribution is -2.41. The molecule has 2 rings (SSSR count). The van der Waals surface area contributed by atoms with Crippen LogP contribution in [0.15, 0.2) is 53.5 Å². The average Bonchev–Trinajstić information content (AvgIpc) is 2.65. The van der Waals surface area contributed by atoms with E-state index in [1.54, 1.807) is 24.3 Å². The largest absolute Gasteiger partial charge is 0.507 e. The van der Waals surface area contributed by atoms with Crippen molar-refractivity contribution in [1.82, 2.24) is 16.0 Å². The molecule has 0 aliphatic heterocycles. The summed E-state index contributed by atoms with van der Waals surface area (Å²) < 4.78 is 13.2. The molecule has 0 aliphatic carbocycles. The van der Waals surface area contributed by atoms with Crippen molar-refractivity contribution in [2.24, 2.45) is 4.99 Å². The third-order valence-corrected chi connectivity index (χ3v) is 3.76. The summed E-state index contributed by atoms with van der Waals surface area (Å²) in [6, 6.07) is 12.9. The quantitative estimate of drug-likeness (QED) is 0.194. The Balaban J connectivity index is 0.00000392. The lowest BCUT2D eigenvalue weighted by molar-refractivity contribution is 0.0951. The lowest BCUT2D eigenvalue weighted by Gasteiger charge is -2.12. The number of guanidine groups is 1. The van der Waals surface area contributed by atoms with Gasteiger partial charge in [-0.25, -0.2) is 4.39 Å². The molecule has 8 heteroatoms. The molecule has 2 aromatic carbocycles. The van der Waals surface area contributed by atoms with E-state index in [1.807, 2.05) is 13.0 Å². The van der Waals surface area contributed by atoms with E-state index in [9.17, 15) is 14.3 Å². The molecular weight excluding hydrogens is 474 g/mol. The summed E-state index contributed by atoms with van der Waals surface area (Å²) in [5, 5.41) is 18.7. The highest BCUT2D eigenvalue weighted by molar-refractivity contribution is 14.0. The van der Waals surface area contributed by atoms with Crippen molar-refractivity contribution in [3.05, 3.63) is 65.5 Å². The topological polar surface area (TPSA) is 85.8 Å². The number of rotatable bonds is 8. The number of benzene rings is 2. The van der Waals surface area contributed by atoms with E-state index in [1.165, 1.54) is 18.2 Å². The van der Waals surface area contributed by atoms with Crippen molar-refractivity contribution in [1.29, 1.82) is 0 Å². The van der Waals surface area contributed by atoms with Gasteiger partial charge in [0.2, 0.25) is 0 Å². The maximum atomic E-state index is 13.2. The fourth-order valence-corrected chi connectivity index (χ4v) is 2.45. The van der Waals surface area contributed by atoms with Crippen LogP contribution in [-0.2, 0) is 6.42 Å². The van der Waals surface area contributed by atoms with Crippen LogP contribution in [0.25, 0.3) is 0 Å². The maximum Gasteiger partial charge on any atom is 0.255 e. The summed E-state index contributed by atoms with van der Waals surface area (Å²) in [6.45, 7) is 4.04. The van der Waals surface area contributed by atoms with E-state index in [0.29, 0.717) is 38.6 Å². The lowest BCUT2D eigenvalue weighted by atomic mass is 10.1. The van der Waals surface area contributed by atoms with Crippen LogP contribution < -0.4 is 16.0 Å². The van der Waals surface area contributed by atoms with Crippen LogP contribution in [0.5, 0.6) is 5.75 Å². The van der Waals surface area contributed by atoms with Gasteiger partial charge >= 0.3 is 0 Å². The number of amides is 1. The number of hydrogen-bond acceptors (Lipinski definition) is 3. The van der Waals surface area contributed by atoms with Gasteiger partial charge in [0.1, 0.15) is 11.6 Å². The molecule has 28 heavy (non-hydrogen) atoms. The zero-order chi connectivity index (χ0) is 19.5. The molecule has 0 aliphatic rings. The van der Waals surface area contributed by atoms with E-state index >= 15 is 0 Å².